The van der Waals surface area contributed by atoms with Gasteiger partial charge in [0, 0.05) is 5.56 Å². The minimum absolute atomic E-state index is 0.0707. The van der Waals surface area contributed by atoms with Crippen molar-refractivity contribution in [3.8, 4) is 11.8 Å². The maximum atomic E-state index is 13.4. The molecule has 2 rings (SSSR count). The molecule has 23 heavy (non-hydrogen) atoms. The summed E-state index contributed by atoms with van der Waals surface area (Å²) >= 11 is 0. The molecular weight excluding hydrogens is 318 g/mol. The molecule has 0 spiro atoms. The highest BCUT2D eigenvalue weighted by Gasteiger charge is 2.71. The number of rotatable bonds is 1. The fourth-order valence-corrected chi connectivity index (χ4v) is 2.08. The number of halogens is 6. The molecule has 0 aliphatic heterocycles. The summed E-state index contributed by atoms with van der Waals surface area (Å²) in [7, 11) is 0. The molecule has 2 aromatic rings. The first-order valence-corrected chi connectivity index (χ1v) is 6.46. The van der Waals surface area contributed by atoms with Gasteiger partial charge in [0.05, 0.1) is 0 Å². The molecule has 120 valence electrons. The maximum Gasteiger partial charge on any atom is 0.418 e. The highest BCUT2D eigenvalue weighted by atomic mass is 19.4. The summed E-state index contributed by atoms with van der Waals surface area (Å²) in [6, 6.07) is 12.4. The van der Waals surface area contributed by atoms with Crippen LogP contribution in [0.3, 0.4) is 0 Å². The summed E-state index contributed by atoms with van der Waals surface area (Å²) < 4.78 is 80.6. The summed E-state index contributed by atoms with van der Waals surface area (Å²) in [5.41, 5.74) is -5.12. The lowest BCUT2D eigenvalue weighted by atomic mass is 9.79. The Morgan fingerprint density at radius 1 is 0.609 bits per heavy atom. The van der Waals surface area contributed by atoms with Gasteiger partial charge in [0.25, 0.3) is 0 Å². The molecule has 0 unspecified atom stereocenters. The van der Waals surface area contributed by atoms with E-state index in [1.165, 1.54) is 36.3 Å². The smallest absolute Gasteiger partial charge is 0.168 e. The third-order valence-electron chi connectivity index (χ3n) is 3.23. The van der Waals surface area contributed by atoms with Gasteiger partial charge >= 0.3 is 12.4 Å². The van der Waals surface area contributed by atoms with Crippen LogP contribution in [0.4, 0.5) is 26.3 Å². The van der Waals surface area contributed by atoms with Gasteiger partial charge in [-0.3, -0.25) is 0 Å². The molecule has 6 heteroatoms. The largest absolute Gasteiger partial charge is 0.418 e. The molecule has 0 atom stereocenters. The van der Waals surface area contributed by atoms with E-state index in [1.807, 2.05) is 5.92 Å². The Bertz CT molecular complexity index is 688. The van der Waals surface area contributed by atoms with Crippen LogP contribution in [0.5, 0.6) is 0 Å². The zero-order valence-corrected chi connectivity index (χ0v) is 11.5. The Morgan fingerprint density at radius 3 is 1.48 bits per heavy atom. The van der Waals surface area contributed by atoms with Gasteiger partial charge in [-0.15, -0.1) is 0 Å². The summed E-state index contributed by atoms with van der Waals surface area (Å²) in [6.45, 7) is 0. The Kier molecular flexibility index (Phi) is 4.42. The van der Waals surface area contributed by atoms with Gasteiger partial charge in [0.2, 0.25) is 5.41 Å². The van der Waals surface area contributed by atoms with Crippen molar-refractivity contribution in [2.75, 3.05) is 0 Å². The second kappa shape index (κ2) is 5.99. The zero-order chi connectivity index (χ0) is 17.1. The molecular formula is C17H10F6. The van der Waals surface area contributed by atoms with E-state index in [2.05, 4.69) is 0 Å². The van der Waals surface area contributed by atoms with Gasteiger partial charge < -0.3 is 0 Å². The van der Waals surface area contributed by atoms with Crippen molar-refractivity contribution in [2.45, 2.75) is 17.8 Å². The summed E-state index contributed by atoms with van der Waals surface area (Å²) in [5.74, 6) is 3.45. The highest BCUT2D eigenvalue weighted by Crippen LogP contribution is 2.51. The van der Waals surface area contributed by atoms with Gasteiger partial charge in [0.1, 0.15) is 0 Å². The van der Waals surface area contributed by atoms with E-state index in [0.29, 0.717) is 0 Å². The highest BCUT2D eigenvalue weighted by molar-refractivity contribution is 5.45. The molecule has 0 bridgehead atoms. The molecule has 0 nitrogen and oxygen atoms in total. The molecule has 0 aliphatic carbocycles. The SMILES string of the molecule is FC(F)(F)C(C#Cc1ccccc1)(c1ccccc1)C(F)(F)F. The third kappa shape index (κ3) is 3.19. The van der Waals surface area contributed by atoms with Crippen LogP contribution in [-0.4, -0.2) is 12.4 Å². The fraction of sp³-hybridized carbons (Fsp3) is 0.176. The van der Waals surface area contributed by atoms with E-state index in [9.17, 15) is 26.3 Å². The van der Waals surface area contributed by atoms with Gasteiger partial charge in [-0.2, -0.15) is 26.3 Å². The number of hydrogen-bond donors (Lipinski definition) is 0. The average molecular weight is 328 g/mol. The summed E-state index contributed by atoms with van der Waals surface area (Å²) in [6.07, 6.45) is -11.2. The van der Waals surface area contributed by atoms with Crippen molar-refractivity contribution in [2.24, 2.45) is 0 Å². The van der Waals surface area contributed by atoms with Gasteiger partial charge in [-0.1, -0.05) is 60.4 Å². The fourth-order valence-electron chi connectivity index (χ4n) is 2.08. The number of alkyl halides is 6. The second-order valence-electron chi connectivity index (χ2n) is 4.73. The van der Waals surface area contributed by atoms with E-state index >= 15 is 0 Å². The first-order chi connectivity index (χ1) is 10.7. The topological polar surface area (TPSA) is 0 Å². The Morgan fingerprint density at radius 2 is 1.04 bits per heavy atom. The minimum atomic E-state index is -5.62. The molecule has 2 aromatic carbocycles. The predicted octanol–water partition coefficient (Wildman–Crippen LogP) is 5.10. The molecule has 0 saturated carbocycles. The van der Waals surface area contributed by atoms with Crippen LogP contribution in [-0.2, 0) is 5.41 Å². The molecule has 0 saturated heterocycles. The number of hydrogen-bond acceptors (Lipinski definition) is 0. The normalized spacial score (nSPS) is 12.4. The van der Waals surface area contributed by atoms with Crippen molar-refractivity contribution in [1.82, 2.24) is 0 Å². The van der Waals surface area contributed by atoms with Gasteiger partial charge in [0.15, 0.2) is 0 Å². The lowest BCUT2D eigenvalue weighted by Gasteiger charge is -2.33. The van der Waals surface area contributed by atoms with Crippen LogP contribution < -0.4 is 0 Å². The summed E-state index contributed by atoms with van der Waals surface area (Å²) in [4.78, 5) is 0. The van der Waals surface area contributed by atoms with Crippen molar-refractivity contribution in [1.29, 1.82) is 0 Å². The third-order valence-corrected chi connectivity index (χ3v) is 3.23. The molecule has 0 radical (unpaired) electrons. The maximum absolute atomic E-state index is 13.4. The van der Waals surface area contributed by atoms with Crippen molar-refractivity contribution >= 4 is 0 Å². The Hall–Kier alpha value is -2.42. The average Bonchev–Trinajstić information content (AvgIpc) is 2.47. The minimum Gasteiger partial charge on any atom is -0.168 e. The van der Waals surface area contributed by atoms with E-state index in [4.69, 9.17) is 0 Å². The molecule has 0 heterocycles. The molecule has 0 amide bonds. The predicted molar refractivity (Wildman–Crippen MR) is 73.6 cm³/mol. The monoisotopic (exact) mass is 328 g/mol. The van der Waals surface area contributed by atoms with Crippen LogP contribution >= 0.6 is 0 Å². The van der Waals surface area contributed by atoms with Crippen molar-refractivity contribution < 1.29 is 26.3 Å². The van der Waals surface area contributed by atoms with Crippen LogP contribution in [0.1, 0.15) is 11.1 Å². The standard InChI is InChI=1S/C17H10F6/c18-16(19,20)15(17(21,22)23,14-9-5-2-6-10-14)12-11-13-7-3-1-4-8-13/h1-10H. The van der Waals surface area contributed by atoms with E-state index in [0.717, 1.165) is 24.3 Å². The van der Waals surface area contributed by atoms with Crippen LogP contribution in [0.15, 0.2) is 60.7 Å². The zero-order valence-electron chi connectivity index (χ0n) is 11.5. The molecule has 0 fully saturated rings. The van der Waals surface area contributed by atoms with Crippen LogP contribution in [0, 0.1) is 11.8 Å². The molecule has 0 N–H and O–H groups in total. The van der Waals surface area contributed by atoms with Crippen molar-refractivity contribution in [3.63, 3.8) is 0 Å². The van der Waals surface area contributed by atoms with E-state index in [1.54, 1.807) is 6.07 Å². The van der Waals surface area contributed by atoms with E-state index in [-0.39, 0.29) is 5.56 Å². The van der Waals surface area contributed by atoms with Crippen LogP contribution in [0.2, 0.25) is 0 Å². The van der Waals surface area contributed by atoms with Crippen LogP contribution in [0.25, 0.3) is 0 Å². The lowest BCUT2D eigenvalue weighted by Crippen LogP contribution is -2.53. The van der Waals surface area contributed by atoms with E-state index < -0.39 is 23.3 Å². The van der Waals surface area contributed by atoms with Crippen molar-refractivity contribution in [3.05, 3.63) is 71.8 Å². The lowest BCUT2D eigenvalue weighted by molar-refractivity contribution is -0.282. The first kappa shape index (κ1) is 16.9. The van der Waals surface area contributed by atoms with Gasteiger partial charge in [-0.05, 0) is 17.7 Å². The quantitative estimate of drug-likeness (QED) is 0.505. The van der Waals surface area contributed by atoms with Gasteiger partial charge in [-0.25, -0.2) is 0 Å². The Labute approximate surface area is 128 Å². The summed E-state index contributed by atoms with van der Waals surface area (Å²) in [5, 5.41) is 0. The second-order valence-corrected chi connectivity index (χ2v) is 4.73. The molecule has 0 aliphatic rings. The number of benzene rings is 2. The first-order valence-electron chi connectivity index (χ1n) is 6.46. The Balaban J connectivity index is 2.72. The molecule has 0 aromatic heterocycles.